The molecule has 0 aliphatic carbocycles. The van der Waals surface area contributed by atoms with E-state index in [9.17, 15) is 4.79 Å². The first-order chi connectivity index (χ1) is 9.95. The van der Waals surface area contributed by atoms with Crippen LogP contribution in [0.15, 0.2) is 24.3 Å². The van der Waals surface area contributed by atoms with Crippen LogP contribution in [0.1, 0.15) is 47.0 Å². The van der Waals surface area contributed by atoms with Crippen LogP contribution in [0.2, 0.25) is 0 Å². The Morgan fingerprint density at radius 2 is 1.90 bits per heavy atom. The molecule has 0 spiro atoms. The number of carbonyl (C=O) groups excluding carboxylic acids is 1. The third kappa shape index (κ3) is 5.05. The van der Waals surface area contributed by atoms with Gasteiger partial charge in [0.1, 0.15) is 11.4 Å². The molecule has 0 fully saturated rings. The molecule has 1 amide bonds. The zero-order valence-corrected chi connectivity index (χ0v) is 13.7. The lowest BCUT2D eigenvalue weighted by Crippen LogP contribution is -2.41. The molecule has 21 heavy (non-hydrogen) atoms. The first-order valence-corrected chi connectivity index (χ1v) is 7.58. The van der Waals surface area contributed by atoms with Gasteiger partial charge in [-0.1, -0.05) is 20.3 Å². The average Bonchev–Trinajstić information content (AvgIpc) is 2.49. The Morgan fingerprint density at radius 1 is 1.29 bits per heavy atom. The van der Waals surface area contributed by atoms with Gasteiger partial charge < -0.3 is 14.8 Å². The molecule has 1 aromatic carbocycles. The number of carbonyl (C=O) groups is 1. The molecule has 0 aliphatic rings. The molecule has 0 unspecified atom stereocenters. The molecule has 0 bridgehead atoms. The van der Waals surface area contributed by atoms with Crippen LogP contribution in [0.3, 0.4) is 0 Å². The van der Waals surface area contributed by atoms with Crippen LogP contribution in [0.25, 0.3) is 0 Å². The summed E-state index contributed by atoms with van der Waals surface area (Å²) in [7, 11) is 1.57. The van der Waals surface area contributed by atoms with E-state index in [0.29, 0.717) is 6.42 Å². The van der Waals surface area contributed by atoms with Gasteiger partial charge in [-0.25, -0.2) is 0 Å². The van der Waals surface area contributed by atoms with Crippen molar-refractivity contribution < 1.29 is 14.3 Å². The van der Waals surface area contributed by atoms with Gasteiger partial charge in [-0.3, -0.25) is 4.79 Å². The van der Waals surface area contributed by atoms with Crippen LogP contribution in [0.4, 0.5) is 5.69 Å². The van der Waals surface area contributed by atoms with Gasteiger partial charge in [-0.2, -0.15) is 0 Å². The maximum atomic E-state index is 12.3. The van der Waals surface area contributed by atoms with Gasteiger partial charge >= 0.3 is 0 Å². The predicted molar refractivity (Wildman–Crippen MR) is 85.8 cm³/mol. The normalized spacial score (nSPS) is 15.1. The highest BCUT2D eigenvalue weighted by molar-refractivity contribution is 5.97. The molecule has 1 N–H and O–H groups in total. The van der Waals surface area contributed by atoms with E-state index < -0.39 is 5.60 Å². The third-order valence-electron chi connectivity index (χ3n) is 3.68. The minimum absolute atomic E-state index is 0.123. The minimum atomic E-state index is -0.791. The van der Waals surface area contributed by atoms with E-state index in [1.165, 1.54) is 0 Å². The van der Waals surface area contributed by atoms with Crippen molar-refractivity contribution in [3.05, 3.63) is 24.3 Å². The Hall–Kier alpha value is -1.55. The van der Waals surface area contributed by atoms with E-state index >= 15 is 0 Å². The topological polar surface area (TPSA) is 47.6 Å². The Kier molecular flexibility index (Phi) is 6.69. The zero-order valence-electron chi connectivity index (χ0n) is 13.7. The van der Waals surface area contributed by atoms with Crippen molar-refractivity contribution in [2.75, 3.05) is 12.4 Å². The van der Waals surface area contributed by atoms with Crippen molar-refractivity contribution in [1.82, 2.24) is 0 Å². The second-order valence-electron chi connectivity index (χ2n) is 5.50. The van der Waals surface area contributed by atoms with E-state index in [2.05, 4.69) is 12.2 Å². The van der Waals surface area contributed by atoms with Crippen LogP contribution in [-0.4, -0.2) is 24.7 Å². The van der Waals surface area contributed by atoms with Gasteiger partial charge in [-0.05, 0) is 51.0 Å². The fourth-order valence-corrected chi connectivity index (χ4v) is 1.98. The minimum Gasteiger partial charge on any atom is -0.491 e. The van der Waals surface area contributed by atoms with Crippen molar-refractivity contribution in [3.8, 4) is 5.75 Å². The fraction of sp³-hybridized carbons (Fsp3) is 0.588. The highest BCUT2D eigenvalue weighted by atomic mass is 16.5. The predicted octanol–water partition coefficient (Wildman–Crippen LogP) is 4.01. The standard InChI is InChI=1S/C17H27NO3/c1-6-12-17(4,20-5)16(19)18-14-8-10-15(11-9-14)21-13(3)7-2/h8-11,13H,6-7,12H2,1-5H3,(H,18,19)/t13-,17-/m0/s1. The van der Waals surface area contributed by atoms with Crippen molar-refractivity contribution in [2.24, 2.45) is 0 Å². The summed E-state index contributed by atoms with van der Waals surface area (Å²) in [5.74, 6) is 0.688. The summed E-state index contributed by atoms with van der Waals surface area (Å²) in [5, 5.41) is 2.89. The average molecular weight is 293 g/mol. The number of anilines is 1. The number of methoxy groups -OCH3 is 1. The molecule has 118 valence electrons. The molecule has 1 aromatic rings. The summed E-state index contributed by atoms with van der Waals surface area (Å²) in [6.45, 7) is 7.96. The third-order valence-corrected chi connectivity index (χ3v) is 3.68. The maximum Gasteiger partial charge on any atom is 0.256 e. The number of amides is 1. The molecule has 0 radical (unpaired) electrons. The van der Waals surface area contributed by atoms with Crippen molar-refractivity contribution >= 4 is 11.6 Å². The highest BCUT2D eigenvalue weighted by Crippen LogP contribution is 2.22. The van der Waals surface area contributed by atoms with Gasteiger partial charge in [0.25, 0.3) is 5.91 Å². The van der Waals surface area contributed by atoms with Gasteiger partial charge in [0, 0.05) is 12.8 Å². The second-order valence-corrected chi connectivity index (χ2v) is 5.50. The SMILES string of the molecule is CCC[C@](C)(OC)C(=O)Nc1ccc(O[C@@H](C)CC)cc1. The molecular formula is C17H27NO3. The maximum absolute atomic E-state index is 12.3. The molecule has 0 saturated carbocycles. The summed E-state index contributed by atoms with van der Waals surface area (Å²) in [6, 6.07) is 7.42. The van der Waals surface area contributed by atoms with Crippen LogP contribution < -0.4 is 10.1 Å². The van der Waals surface area contributed by atoms with E-state index in [-0.39, 0.29) is 12.0 Å². The van der Waals surface area contributed by atoms with Crippen LogP contribution in [0.5, 0.6) is 5.75 Å². The number of benzene rings is 1. The van der Waals surface area contributed by atoms with Crippen molar-refractivity contribution in [3.63, 3.8) is 0 Å². The first-order valence-electron chi connectivity index (χ1n) is 7.58. The van der Waals surface area contributed by atoms with Gasteiger partial charge in [-0.15, -0.1) is 0 Å². The van der Waals surface area contributed by atoms with Crippen molar-refractivity contribution in [2.45, 2.75) is 58.7 Å². The van der Waals surface area contributed by atoms with E-state index in [1.54, 1.807) is 7.11 Å². The van der Waals surface area contributed by atoms with Crippen molar-refractivity contribution in [1.29, 1.82) is 0 Å². The summed E-state index contributed by atoms with van der Waals surface area (Å²) in [6.07, 6.45) is 2.72. The first kappa shape index (κ1) is 17.5. The Labute approximate surface area is 127 Å². The number of nitrogens with one attached hydrogen (secondary N) is 1. The second kappa shape index (κ2) is 8.03. The van der Waals surface area contributed by atoms with E-state index in [4.69, 9.17) is 9.47 Å². The van der Waals surface area contributed by atoms with Crippen LogP contribution in [-0.2, 0) is 9.53 Å². The number of ether oxygens (including phenoxy) is 2. The monoisotopic (exact) mass is 293 g/mol. The summed E-state index contributed by atoms with van der Waals surface area (Å²) in [4.78, 5) is 12.3. The number of rotatable bonds is 8. The van der Waals surface area contributed by atoms with Crippen LogP contribution in [0, 0.1) is 0 Å². The lowest BCUT2D eigenvalue weighted by Gasteiger charge is -2.26. The van der Waals surface area contributed by atoms with Gasteiger partial charge in [0.05, 0.1) is 6.10 Å². The van der Waals surface area contributed by atoms with E-state index in [1.807, 2.05) is 45.0 Å². The zero-order chi connectivity index (χ0) is 15.9. The molecule has 1 rings (SSSR count). The Bertz CT molecular complexity index is 444. The number of hydrogen-bond donors (Lipinski definition) is 1. The quantitative estimate of drug-likeness (QED) is 0.788. The molecule has 4 heteroatoms. The highest BCUT2D eigenvalue weighted by Gasteiger charge is 2.31. The molecular weight excluding hydrogens is 266 g/mol. The fourth-order valence-electron chi connectivity index (χ4n) is 1.98. The van der Waals surface area contributed by atoms with Gasteiger partial charge in [0.2, 0.25) is 0 Å². The molecule has 0 aromatic heterocycles. The van der Waals surface area contributed by atoms with Gasteiger partial charge in [0.15, 0.2) is 0 Å². The number of hydrogen-bond acceptors (Lipinski definition) is 3. The molecule has 2 atom stereocenters. The van der Waals surface area contributed by atoms with Crippen LogP contribution >= 0.6 is 0 Å². The smallest absolute Gasteiger partial charge is 0.256 e. The summed E-state index contributed by atoms with van der Waals surface area (Å²) < 4.78 is 11.1. The largest absolute Gasteiger partial charge is 0.491 e. The lowest BCUT2D eigenvalue weighted by molar-refractivity contribution is -0.136. The lowest BCUT2D eigenvalue weighted by atomic mass is 9.99. The Balaban J connectivity index is 2.68. The molecule has 0 saturated heterocycles. The molecule has 4 nitrogen and oxygen atoms in total. The summed E-state index contributed by atoms with van der Waals surface area (Å²) in [5.41, 5.74) is -0.0448. The Morgan fingerprint density at radius 3 is 2.38 bits per heavy atom. The molecule has 0 heterocycles. The summed E-state index contributed by atoms with van der Waals surface area (Å²) >= 11 is 0. The molecule has 0 aliphatic heterocycles. The van der Waals surface area contributed by atoms with E-state index in [0.717, 1.165) is 24.3 Å².